The van der Waals surface area contributed by atoms with E-state index in [4.69, 9.17) is 0 Å². The average Bonchev–Trinajstić information content (AvgIpc) is 0.918. The van der Waals surface area contributed by atoms with Crippen molar-refractivity contribution >= 4 is 11.9 Å². The van der Waals surface area contributed by atoms with Gasteiger partial charge in [0, 0.05) is 0 Å². The van der Waals surface area contributed by atoms with Crippen LogP contribution in [-0.4, -0.2) is 0 Å². The van der Waals surface area contributed by atoms with Gasteiger partial charge in [-0.1, -0.05) is 0 Å². The zero-order valence-electron chi connectivity index (χ0n) is 3.36. The third kappa shape index (κ3) is 10.7. The van der Waals surface area contributed by atoms with Gasteiger partial charge in [-0.3, -0.25) is 0 Å². The Morgan fingerprint density at radius 2 is 2.00 bits per heavy atom. The van der Waals surface area contributed by atoms with E-state index in [9.17, 15) is 0 Å². The monoisotopic (exact) mass is 91.0 g/mol. The summed E-state index contributed by atoms with van der Waals surface area (Å²) in [7, 11) is 0. The number of halogens is 1. The molecule has 0 amide bonds. The van der Waals surface area contributed by atoms with E-state index in [-0.39, 0.29) is 31.0 Å². The number of hydrogen-bond acceptors (Lipinski definition) is 2. The maximum absolute atomic E-state index is 4.28. The Hall–Kier alpha value is 1.21. The third-order valence-electron chi connectivity index (χ3n) is 0. The summed E-state index contributed by atoms with van der Waals surface area (Å²) in [5, 5.41) is 0. The van der Waals surface area contributed by atoms with Crippen LogP contribution < -0.4 is 35.5 Å². The molecule has 0 aromatic carbocycles. The van der Waals surface area contributed by atoms with E-state index in [0.717, 1.165) is 0 Å². The van der Waals surface area contributed by atoms with E-state index >= 15 is 0 Å². The zero-order chi connectivity index (χ0) is 2.71. The van der Waals surface area contributed by atoms with Crippen LogP contribution in [0.2, 0.25) is 0 Å². The molecule has 0 bridgehead atoms. The van der Waals surface area contributed by atoms with Crippen molar-refractivity contribution in [2.75, 3.05) is 0 Å². The van der Waals surface area contributed by atoms with Crippen molar-refractivity contribution in [3.05, 3.63) is 0 Å². The zero-order valence-corrected chi connectivity index (χ0v) is 5.12. The van der Waals surface area contributed by atoms with E-state index in [1.165, 1.54) is 0 Å². The summed E-state index contributed by atoms with van der Waals surface area (Å²) < 4.78 is 3.22. The van der Waals surface area contributed by atoms with Crippen molar-refractivity contribution in [2.45, 2.75) is 0 Å². The SMILES string of the molecule is NOCl.[H-].[Na+]. The predicted octanol–water partition coefficient (Wildman–Crippen LogP) is -2.85. The van der Waals surface area contributed by atoms with Crippen molar-refractivity contribution in [1.82, 2.24) is 0 Å². The molecule has 2 nitrogen and oxygen atoms in total. The van der Waals surface area contributed by atoms with Gasteiger partial charge in [-0.25, -0.2) is 0 Å². The van der Waals surface area contributed by atoms with Crippen LogP contribution in [0.25, 0.3) is 0 Å². The Kier molecular flexibility index (Phi) is 19.9. The van der Waals surface area contributed by atoms with Crippen LogP contribution in [0.1, 0.15) is 1.43 Å². The van der Waals surface area contributed by atoms with Crippen molar-refractivity contribution in [3.8, 4) is 0 Å². The molecule has 2 N–H and O–H groups in total. The van der Waals surface area contributed by atoms with Crippen LogP contribution in [0.3, 0.4) is 0 Å². The number of hydrogen-bond donors (Lipinski definition) is 1. The Balaban J connectivity index is -0.0000000200. The fourth-order valence-corrected chi connectivity index (χ4v) is 0. The Morgan fingerprint density at radius 1 is 2.00 bits per heavy atom. The van der Waals surface area contributed by atoms with Gasteiger partial charge in [-0.05, 0) is 0 Å². The molecule has 0 radical (unpaired) electrons. The van der Waals surface area contributed by atoms with Gasteiger partial charge in [0.1, 0.15) is 0 Å². The molecule has 0 rings (SSSR count). The normalized spacial score (nSPS) is 4.50. The summed E-state index contributed by atoms with van der Waals surface area (Å²) in [6, 6.07) is 0. The minimum absolute atomic E-state index is 0. The van der Waals surface area contributed by atoms with E-state index in [0.29, 0.717) is 0 Å². The first-order chi connectivity index (χ1) is 1.41. The summed E-state index contributed by atoms with van der Waals surface area (Å²) in [6.45, 7) is 0. The van der Waals surface area contributed by atoms with Gasteiger partial charge < -0.3 is 1.43 Å². The van der Waals surface area contributed by atoms with E-state index in [2.05, 4.69) is 22.2 Å². The van der Waals surface area contributed by atoms with Crippen LogP contribution >= 0.6 is 11.9 Å². The van der Waals surface area contributed by atoms with Crippen molar-refractivity contribution in [2.24, 2.45) is 5.90 Å². The van der Waals surface area contributed by atoms with E-state index < -0.39 is 0 Å². The minimum Gasteiger partial charge on any atom is -1.00 e. The first kappa shape index (κ1) is 8.96. The van der Waals surface area contributed by atoms with Gasteiger partial charge in [-0.2, -0.15) is 10.3 Å². The molecule has 0 aromatic rings. The molecule has 0 saturated heterocycles. The van der Waals surface area contributed by atoms with Gasteiger partial charge in [-0.15, -0.1) is 0 Å². The Bertz CT molecular complexity index is 11.6. The van der Waals surface area contributed by atoms with Gasteiger partial charge in [0.15, 0.2) is 0 Å². The van der Waals surface area contributed by atoms with Crippen LogP contribution in [-0.2, 0) is 4.39 Å². The first-order valence-electron chi connectivity index (χ1n) is 0.390. The number of nitrogens with two attached hydrogens (primary N) is 1. The smallest absolute Gasteiger partial charge is 1.00 e. The molecule has 0 spiro atoms. The quantitative estimate of drug-likeness (QED) is 0.257. The van der Waals surface area contributed by atoms with Crippen molar-refractivity contribution < 1.29 is 35.4 Å². The largest absolute Gasteiger partial charge is 1.00 e. The van der Waals surface area contributed by atoms with E-state index in [1.807, 2.05) is 0 Å². The molecule has 0 aliphatic heterocycles. The van der Waals surface area contributed by atoms with E-state index in [1.54, 1.807) is 0 Å². The van der Waals surface area contributed by atoms with Crippen LogP contribution in [0.5, 0.6) is 0 Å². The van der Waals surface area contributed by atoms with Gasteiger partial charge in [0.25, 0.3) is 0 Å². The molecule has 0 saturated carbocycles. The molecule has 22 valence electrons. The molecule has 0 aliphatic carbocycles. The molecule has 0 aliphatic rings. The summed E-state index contributed by atoms with van der Waals surface area (Å²) in [5.41, 5.74) is 0. The third-order valence-corrected chi connectivity index (χ3v) is 0. The second-order valence-corrected chi connectivity index (χ2v) is 0.267. The topological polar surface area (TPSA) is 35.2 Å². The molecule has 0 heterocycles. The van der Waals surface area contributed by atoms with Crippen LogP contribution in [0.15, 0.2) is 0 Å². The Morgan fingerprint density at radius 3 is 2.00 bits per heavy atom. The molecule has 0 unspecified atom stereocenters. The van der Waals surface area contributed by atoms with Crippen LogP contribution in [0, 0.1) is 0 Å². The Labute approximate surface area is 53.2 Å². The molecule has 0 atom stereocenters. The molecular weight excluding hydrogens is 88.4 g/mol. The van der Waals surface area contributed by atoms with Crippen molar-refractivity contribution in [1.29, 1.82) is 0 Å². The molecule has 0 fully saturated rings. The van der Waals surface area contributed by atoms with Gasteiger partial charge in [0.05, 0.1) is 11.9 Å². The number of rotatable bonds is 0. The maximum Gasteiger partial charge on any atom is 1.00 e. The average molecular weight is 91.5 g/mol. The summed E-state index contributed by atoms with van der Waals surface area (Å²) in [5.74, 6) is 4.11. The molecule has 0 aromatic heterocycles. The first-order valence-corrected chi connectivity index (χ1v) is 0.699. The second-order valence-electron chi connectivity index (χ2n) is 0.0891. The fourth-order valence-electron chi connectivity index (χ4n) is 0. The second kappa shape index (κ2) is 8.88. The molecule has 4 heteroatoms. The maximum atomic E-state index is 4.28. The van der Waals surface area contributed by atoms with Crippen molar-refractivity contribution in [3.63, 3.8) is 0 Å². The fraction of sp³-hybridized carbons (Fsp3) is 0. The molecule has 4 heavy (non-hydrogen) atoms. The summed E-state index contributed by atoms with van der Waals surface area (Å²) >= 11 is 4.28. The minimum atomic E-state index is 0. The van der Waals surface area contributed by atoms with Gasteiger partial charge >= 0.3 is 29.6 Å². The molecular formula is H3ClNNaO. The summed E-state index contributed by atoms with van der Waals surface area (Å²) in [6.07, 6.45) is 0. The predicted molar refractivity (Wildman–Crippen MR) is 12.2 cm³/mol. The van der Waals surface area contributed by atoms with Gasteiger partial charge in [0.2, 0.25) is 0 Å². The standard InChI is InChI=1S/ClH2NO.Na.H/c1-3-2;;/h2H2;;/q;+1;-1. The van der Waals surface area contributed by atoms with Crippen LogP contribution in [0.4, 0.5) is 0 Å². The summed E-state index contributed by atoms with van der Waals surface area (Å²) in [4.78, 5) is 0.